The fraction of sp³-hybridized carbons (Fsp3) is 0.815. The lowest BCUT2D eigenvalue weighted by atomic mass is 9.96. The Bertz CT molecular complexity index is 966. The van der Waals surface area contributed by atoms with E-state index in [1.807, 2.05) is 13.8 Å². The van der Waals surface area contributed by atoms with Crippen molar-refractivity contribution in [3.05, 3.63) is 0 Å². The van der Waals surface area contributed by atoms with Gasteiger partial charge in [0.1, 0.15) is 43.0 Å². The number of nitrogens with one attached hydrogen (secondary N) is 1. The summed E-state index contributed by atoms with van der Waals surface area (Å²) >= 11 is 0. The van der Waals surface area contributed by atoms with Gasteiger partial charge >= 0.3 is 11.9 Å². The molecule has 0 aliphatic carbocycles. The van der Waals surface area contributed by atoms with Gasteiger partial charge in [-0.3, -0.25) is 24.0 Å². The van der Waals surface area contributed by atoms with Crippen LogP contribution in [0.1, 0.15) is 60.8 Å². The van der Waals surface area contributed by atoms with E-state index in [1.54, 1.807) is 13.8 Å². The van der Waals surface area contributed by atoms with Crippen LogP contribution in [-0.4, -0.2) is 118 Å². The average Bonchev–Trinajstić information content (AvgIpc) is 2.89. The number of aliphatic carboxylic acids is 1. The summed E-state index contributed by atoms with van der Waals surface area (Å²) in [6, 6.07) is -4.59. The van der Waals surface area contributed by atoms with Gasteiger partial charge < -0.3 is 56.9 Å². The number of amides is 3. The normalized spacial score (nSPS) is 25.0. The van der Waals surface area contributed by atoms with Crippen molar-refractivity contribution < 1.29 is 53.5 Å². The number of rotatable bonds is 17. The van der Waals surface area contributed by atoms with Crippen molar-refractivity contribution in [1.82, 2.24) is 10.2 Å². The van der Waals surface area contributed by atoms with E-state index in [0.29, 0.717) is 6.42 Å². The first-order valence-corrected chi connectivity index (χ1v) is 14.3. The highest BCUT2D eigenvalue weighted by molar-refractivity contribution is 5.89. The van der Waals surface area contributed by atoms with Gasteiger partial charge in [-0.25, -0.2) is 0 Å². The number of primary amides is 1. The van der Waals surface area contributed by atoms with E-state index >= 15 is 0 Å². The van der Waals surface area contributed by atoms with E-state index in [9.17, 15) is 34.2 Å². The van der Waals surface area contributed by atoms with E-state index in [0.717, 1.165) is 4.90 Å². The van der Waals surface area contributed by atoms with Crippen LogP contribution < -0.4 is 22.5 Å². The molecule has 1 fully saturated rings. The monoisotopic (exact) mass is 619 g/mol. The molecule has 16 nitrogen and oxygen atoms in total. The number of hydrogen-bond acceptors (Lipinski definition) is 12. The smallest absolute Gasteiger partial charge is 0.323 e. The van der Waals surface area contributed by atoms with E-state index in [4.69, 9.17) is 36.5 Å². The predicted molar refractivity (Wildman–Crippen MR) is 152 cm³/mol. The van der Waals surface area contributed by atoms with Crippen molar-refractivity contribution >= 4 is 29.7 Å². The summed E-state index contributed by atoms with van der Waals surface area (Å²) < 4.78 is 16.7. The van der Waals surface area contributed by atoms with Crippen LogP contribution >= 0.6 is 0 Å². The first-order valence-electron chi connectivity index (χ1n) is 14.3. The first-order chi connectivity index (χ1) is 19.9. The molecule has 1 aliphatic heterocycles. The maximum atomic E-state index is 13.3. The van der Waals surface area contributed by atoms with Crippen LogP contribution in [0.3, 0.4) is 0 Å². The zero-order valence-corrected chi connectivity index (χ0v) is 25.7. The Balaban J connectivity index is 3.24. The molecule has 0 aromatic carbocycles. The van der Waals surface area contributed by atoms with Crippen LogP contribution in [0.4, 0.5) is 0 Å². The highest BCUT2D eigenvalue weighted by Crippen LogP contribution is 2.25. The lowest BCUT2D eigenvalue weighted by Crippen LogP contribution is -2.66. The molecular formula is C27H49N5O11. The summed E-state index contributed by atoms with van der Waals surface area (Å²) in [5.41, 5.74) is 17.5. The molecule has 1 saturated heterocycles. The Morgan fingerprint density at radius 3 is 2.14 bits per heavy atom. The van der Waals surface area contributed by atoms with Crippen molar-refractivity contribution in [2.75, 3.05) is 13.2 Å². The molecule has 9 atom stereocenters. The largest absolute Gasteiger partial charge is 0.481 e. The van der Waals surface area contributed by atoms with Crippen molar-refractivity contribution in [1.29, 1.82) is 0 Å². The summed E-state index contributed by atoms with van der Waals surface area (Å²) in [6.45, 7) is 9.01. The lowest BCUT2D eigenvalue weighted by molar-refractivity contribution is -0.269. The molecule has 0 saturated carbocycles. The number of nitrogens with zero attached hydrogens (tertiary/aromatic N) is 1. The lowest BCUT2D eigenvalue weighted by Gasteiger charge is -2.44. The minimum atomic E-state index is -1.70. The molecule has 0 aromatic heterocycles. The van der Waals surface area contributed by atoms with Crippen molar-refractivity contribution in [3.8, 4) is 0 Å². The number of aliphatic hydroxyl groups excluding tert-OH is 2. The predicted octanol–water partition coefficient (Wildman–Crippen LogP) is -2.21. The van der Waals surface area contributed by atoms with Gasteiger partial charge in [0, 0.05) is 19.9 Å². The Kier molecular flexibility index (Phi) is 15.4. The minimum absolute atomic E-state index is 0.124. The number of carboxylic acids is 1. The molecule has 1 unspecified atom stereocenters. The first kappa shape index (κ1) is 38.1. The van der Waals surface area contributed by atoms with E-state index in [-0.39, 0.29) is 24.8 Å². The zero-order valence-electron chi connectivity index (χ0n) is 25.7. The molecule has 0 spiro atoms. The fourth-order valence-corrected chi connectivity index (χ4v) is 4.64. The molecule has 10 N–H and O–H groups in total. The summed E-state index contributed by atoms with van der Waals surface area (Å²) in [6.07, 6.45) is -7.26. The van der Waals surface area contributed by atoms with Gasteiger partial charge in [0.05, 0.1) is 12.1 Å². The third kappa shape index (κ3) is 12.0. The van der Waals surface area contributed by atoms with Gasteiger partial charge in [-0.2, -0.15) is 0 Å². The molecule has 43 heavy (non-hydrogen) atoms. The number of aliphatic hydroxyl groups is 2. The van der Waals surface area contributed by atoms with Crippen molar-refractivity contribution in [3.63, 3.8) is 0 Å². The third-order valence-electron chi connectivity index (χ3n) is 6.95. The van der Waals surface area contributed by atoms with Crippen LogP contribution in [0.25, 0.3) is 0 Å². The summed E-state index contributed by atoms with van der Waals surface area (Å²) in [5.74, 6) is -4.35. The molecular weight excluding hydrogens is 570 g/mol. The van der Waals surface area contributed by atoms with E-state index < -0.39 is 97.6 Å². The molecule has 16 heteroatoms. The Morgan fingerprint density at radius 2 is 1.65 bits per heavy atom. The molecule has 0 aromatic rings. The number of esters is 1. The molecule has 1 aliphatic rings. The van der Waals surface area contributed by atoms with Gasteiger partial charge in [-0.15, -0.1) is 0 Å². The van der Waals surface area contributed by atoms with E-state index in [1.165, 1.54) is 13.8 Å². The van der Waals surface area contributed by atoms with Crippen LogP contribution in [0.5, 0.6) is 0 Å². The summed E-state index contributed by atoms with van der Waals surface area (Å²) in [7, 11) is 0. The molecule has 248 valence electrons. The maximum absolute atomic E-state index is 13.3. The number of carbonyl (C=O) groups excluding carboxylic acids is 4. The number of carboxylic acid groups (broad SMARTS) is 1. The third-order valence-corrected chi connectivity index (χ3v) is 6.95. The van der Waals surface area contributed by atoms with Crippen molar-refractivity contribution in [2.24, 2.45) is 29.0 Å². The summed E-state index contributed by atoms with van der Waals surface area (Å²) in [4.78, 5) is 62.1. The maximum Gasteiger partial charge on any atom is 0.323 e. The summed E-state index contributed by atoms with van der Waals surface area (Å²) in [5, 5.41) is 33.4. The van der Waals surface area contributed by atoms with Gasteiger partial charge in [-0.1, -0.05) is 27.7 Å². The Labute approximate surface area is 251 Å². The second kappa shape index (κ2) is 17.4. The minimum Gasteiger partial charge on any atom is -0.481 e. The molecule has 0 radical (unpaired) electrons. The van der Waals surface area contributed by atoms with Gasteiger partial charge in [0.25, 0.3) is 0 Å². The second-order valence-electron chi connectivity index (χ2n) is 11.7. The average molecular weight is 620 g/mol. The zero-order chi connectivity index (χ0) is 33.2. The van der Waals surface area contributed by atoms with Gasteiger partial charge in [0.2, 0.25) is 17.7 Å². The van der Waals surface area contributed by atoms with Gasteiger partial charge in [-0.05, 0) is 31.6 Å². The Hall–Kier alpha value is -2.89. The van der Waals surface area contributed by atoms with Gasteiger partial charge in [0.15, 0.2) is 6.29 Å². The SMILES string of the molecule is CC(=O)N[C@@H]1[C@@H](OC(C)CN(C(=O)[C@@H](N)C(C)C)[C@H](CCC(=O)O)C(N)=O)[C@H](O)[C@@H](COC(=O)[C@@H](N)CC(C)C)O[C@@H]1O. The fourth-order valence-electron chi connectivity index (χ4n) is 4.64. The molecule has 1 heterocycles. The number of carbonyl (C=O) groups is 5. The van der Waals surface area contributed by atoms with Crippen LogP contribution in [0, 0.1) is 11.8 Å². The topological polar surface area (TPSA) is 267 Å². The Morgan fingerprint density at radius 1 is 1.05 bits per heavy atom. The van der Waals surface area contributed by atoms with Crippen LogP contribution in [-0.2, 0) is 38.2 Å². The number of ether oxygens (including phenoxy) is 3. The number of hydrogen-bond donors (Lipinski definition) is 7. The van der Waals surface area contributed by atoms with E-state index in [2.05, 4.69) is 5.32 Å². The second-order valence-corrected chi connectivity index (χ2v) is 11.7. The van der Waals surface area contributed by atoms with Crippen molar-refractivity contribution in [2.45, 2.75) is 116 Å². The quantitative estimate of drug-likeness (QED) is 0.0852. The molecule has 3 amide bonds. The molecule has 1 rings (SSSR count). The number of nitrogens with two attached hydrogens (primary N) is 3. The van der Waals surface area contributed by atoms with Crippen LogP contribution in [0.15, 0.2) is 0 Å². The standard InChI is InChI=1S/C27H49N5O11/c1-12(2)9-16(28)26(39)41-11-18-22(36)23(21(27(40)43-18)31-15(6)33)42-14(5)10-32(25(38)20(29)13(3)4)17(24(30)37)7-8-19(34)35/h12-14,16-18,20-23,27,36,40H,7-11,28-29H2,1-6H3,(H2,30,37)(H,31,33)(H,34,35)/t14?,16-,17+,18+,20-,21+,22+,23+,27-/m0/s1. The highest BCUT2D eigenvalue weighted by Gasteiger charge is 2.47. The highest BCUT2D eigenvalue weighted by atomic mass is 16.6. The molecule has 0 bridgehead atoms. The van der Waals surface area contributed by atoms with Crippen LogP contribution in [0.2, 0.25) is 0 Å².